The molecule has 0 aliphatic heterocycles. The molecule has 0 aromatic heterocycles. The summed E-state index contributed by atoms with van der Waals surface area (Å²) >= 11 is 3.46. The molecule has 0 N–H and O–H groups in total. The van der Waals surface area contributed by atoms with Gasteiger partial charge in [0, 0.05) is 11.6 Å². The van der Waals surface area contributed by atoms with E-state index in [2.05, 4.69) is 22.5 Å². The lowest BCUT2D eigenvalue weighted by Crippen LogP contribution is -1.99. The van der Waals surface area contributed by atoms with Crippen molar-refractivity contribution in [2.45, 2.75) is 6.92 Å². The van der Waals surface area contributed by atoms with E-state index in [1.54, 1.807) is 7.11 Å². The second-order valence-corrected chi connectivity index (χ2v) is 3.74. The van der Waals surface area contributed by atoms with Gasteiger partial charge in [-0.3, -0.25) is 0 Å². The van der Waals surface area contributed by atoms with Crippen LogP contribution in [0.5, 0.6) is 5.75 Å². The number of methoxy groups -OCH3 is 1. The molecule has 0 aliphatic carbocycles. The van der Waals surface area contributed by atoms with Gasteiger partial charge in [0.2, 0.25) is 0 Å². The van der Waals surface area contributed by atoms with E-state index in [0.29, 0.717) is 0 Å². The Morgan fingerprint density at radius 2 is 2.21 bits per heavy atom. The zero-order chi connectivity index (χ0) is 10.6. The van der Waals surface area contributed by atoms with Gasteiger partial charge in [-0.25, -0.2) is 0 Å². The molecule has 1 aromatic rings. The summed E-state index contributed by atoms with van der Waals surface area (Å²) in [6, 6.07) is 3.86. The van der Waals surface area contributed by atoms with Gasteiger partial charge in [0.25, 0.3) is 0 Å². The Bertz CT molecular complexity index is 311. The fourth-order valence-corrected chi connectivity index (χ4v) is 1.89. The average molecular weight is 257 g/mol. The predicted octanol–water partition coefficient (Wildman–Crippen LogP) is 3.38. The largest absolute Gasteiger partial charge is 0.468 e. The van der Waals surface area contributed by atoms with Crippen LogP contribution < -0.4 is 4.74 Å². The van der Waals surface area contributed by atoms with Crippen LogP contribution in [0.15, 0.2) is 23.2 Å². The Kier molecular flexibility index (Phi) is 4.17. The summed E-state index contributed by atoms with van der Waals surface area (Å²) in [5.74, 6) is 0.793. The van der Waals surface area contributed by atoms with Gasteiger partial charge in [-0.15, -0.1) is 0 Å². The normalized spacial score (nSPS) is 9.93. The molecular formula is C11H13BrO2. The molecule has 3 heteroatoms. The monoisotopic (exact) mass is 256 g/mol. The molecule has 0 saturated carbocycles. The van der Waals surface area contributed by atoms with Crippen LogP contribution in [0.2, 0.25) is 0 Å². The van der Waals surface area contributed by atoms with Gasteiger partial charge in [-0.1, -0.05) is 28.6 Å². The molecule has 0 spiro atoms. The van der Waals surface area contributed by atoms with Crippen LogP contribution in [-0.2, 0) is 4.74 Å². The molecule has 1 aromatic carbocycles. The van der Waals surface area contributed by atoms with E-state index >= 15 is 0 Å². The Morgan fingerprint density at radius 1 is 1.50 bits per heavy atom. The van der Waals surface area contributed by atoms with Gasteiger partial charge in [0.15, 0.2) is 6.79 Å². The maximum Gasteiger partial charge on any atom is 0.188 e. The van der Waals surface area contributed by atoms with E-state index in [0.717, 1.165) is 21.3 Å². The van der Waals surface area contributed by atoms with Crippen LogP contribution >= 0.6 is 15.9 Å². The third-order valence-corrected chi connectivity index (χ3v) is 2.51. The first-order valence-electron chi connectivity index (χ1n) is 4.23. The molecule has 0 fully saturated rings. The molecule has 14 heavy (non-hydrogen) atoms. The highest BCUT2D eigenvalue weighted by atomic mass is 79.9. The molecule has 0 heterocycles. The van der Waals surface area contributed by atoms with Crippen molar-refractivity contribution >= 4 is 22.0 Å². The topological polar surface area (TPSA) is 18.5 Å². The molecule has 0 radical (unpaired) electrons. The minimum atomic E-state index is 0.263. The van der Waals surface area contributed by atoms with Crippen molar-refractivity contribution in [2.75, 3.05) is 13.9 Å². The lowest BCUT2D eigenvalue weighted by Gasteiger charge is -2.09. The van der Waals surface area contributed by atoms with Crippen molar-refractivity contribution < 1.29 is 9.47 Å². The standard InChI is InChI=1S/C11H13BrO2/c1-4-10-8(2)5-9(6-11(10)12)14-7-13-3/h4-6H,1,7H2,2-3H3. The van der Waals surface area contributed by atoms with Crippen LogP contribution in [0.25, 0.3) is 6.08 Å². The fourth-order valence-electron chi connectivity index (χ4n) is 1.19. The zero-order valence-corrected chi connectivity index (χ0v) is 9.93. The van der Waals surface area contributed by atoms with E-state index in [4.69, 9.17) is 9.47 Å². The van der Waals surface area contributed by atoms with E-state index < -0.39 is 0 Å². The molecule has 2 nitrogen and oxygen atoms in total. The first kappa shape index (κ1) is 11.3. The lowest BCUT2D eigenvalue weighted by molar-refractivity contribution is 0.0510. The molecule has 0 unspecified atom stereocenters. The smallest absolute Gasteiger partial charge is 0.188 e. The van der Waals surface area contributed by atoms with Crippen molar-refractivity contribution in [1.82, 2.24) is 0 Å². The number of rotatable bonds is 4. The van der Waals surface area contributed by atoms with Gasteiger partial charge in [-0.05, 0) is 30.2 Å². The highest BCUT2D eigenvalue weighted by molar-refractivity contribution is 9.10. The molecule has 76 valence electrons. The summed E-state index contributed by atoms with van der Waals surface area (Å²) in [6.45, 7) is 6.03. The second kappa shape index (κ2) is 5.17. The number of benzene rings is 1. The third-order valence-electron chi connectivity index (χ3n) is 1.86. The molecule has 0 saturated heterocycles. The van der Waals surface area contributed by atoms with Gasteiger partial charge >= 0.3 is 0 Å². The number of ether oxygens (including phenoxy) is 2. The quantitative estimate of drug-likeness (QED) is 0.770. The van der Waals surface area contributed by atoms with E-state index in [-0.39, 0.29) is 6.79 Å². The lowest BCUT2D eigenvalue weighted by atomic mass is 10.1. The van der Waals surface area contributed by atoms with Crippen molar-refractivity contribution in [2.24, 2.45) is 0 Å². The van der Waals surface area contributed by atoms with Crippen LogP contribution in [0.3, 0.4) is 0 Å². The summed E-state index contributed by atoms with van der Waals surface area (Å²) in [7, 11) is 1.60. The van der Waals surface area contributed by atoms with Gasteiger partial charge in [0.05, 0.1) is 0 Å². The Balaban J connectivity index is 2.95. The molecule has 0 atom stereocenters. The minimum absolute atomic E-state index is 0.263. The number of halogens is 1. The number of hydrogen-bond acceptors (Lipinski definition) is 2. The number of aryl methyl sites for hydroxylation is 1. The highest BCUT2D eigenvalue weighted by Gasteiger charge is 2.03. The van der Waals surface area contributed by atoms with Gasteiger partial charge in [-0.2, -0.15) is 0 Å². The maximum absolute atomic E-state index is 5.33. The van der Waals surface area contributed by atoms with Crippen LogP contribution in [-0.4, -0.2) is 13.9 Å². The summed E-state index contributed by atoms with van der Waals surface area (Å²) in [5, 5.41) is 0. The van der Waals surface area contributed by atoms with Crippen molar-refractivity contribution in [3.8, 4) is 5.75 Å². The molecule has 1 rings (SSSR count). The average Bonchev–Trinajstić information content (AvgIpc) is 2.14. The SMILES string of the molecule is C=Cc1c(C)cc(OCOC)cc1Br. The molecule has 0 aliphatic rings. The first-order chi connectivity index (χ1) is 6.69. The highest BCUT2D eigenvalue weighted by Crippen LogP contribution is 2.27. The minimum Gasteiger partial charge on any atom is -0.468 e. The summed E-state index contributed by atoms with van der Waals surface area (Å²) in [6.07, 6.45) is 1.82. The first-order valence-corrected chi connectivity index (χ1v) is 5.02. The molecular weight excluding hydrogens is 244 g/mol. The number of hydrogen-bond donors (Lipinski definition) is 0. The van der Waals surface area contributed by atoms with E-state index in [1.165, 1.54) is 0 Å². The van der Waals surface area contributed by atoms with Gasteiger partial charge in [0.1, 0.15) is 5.75 Å². The Labute approximate surface area is 92.7 Å². The third kappa shape index (κ3) is 2.59. The van der Waals surface area contributed by atoms with Crippen LogP contribution in [0.4, 0.5) is 0 Å². The summed E-state index contributed by atoms with van der Waals surface area (Å²) in [4.78, 5) is 0. The maximum atomic E-state index is 5.33. The van der Waals surface area contributed by atoms with Crippen LogP contribution in [0, 0.1) is 6.92 Å². The van der Waals surface area contributed by atoms with Crippen molar-refractivity contribution in [1.29, 1.82) is 0 Å². The predicted molar refractivity (Wildman–Crippen MR) is 61.5 cm³/mol. The van der Waals surface area contributed by atoms with E-state index in [9.17, 15) is 0 Å². The Morgan fingerprint density at radius 3 is 2.71 bits per heavy atom. The molecule has 0 bridgehead atoms. The van der Waals surface area contributed by atoms with Crippen molar-refractivity contribution in [3.63, 3.8) is 0 Å². The van der Waals surface area contributed by atoms with E-state index in [1.807, 2.05) is 25.1 Å². The zero-order valence-electron chi connectivity index (χ0n) is 8.34. The summed E-state index contributed by atoms with van der Waals surface area (Å²) in [5.41, 5.74) is 2.22. The van der Waals surface area contributed by atoms with Gasteiger partial charge < -0.3 is 9.47 Å². The molecule has 0 amide bonds. The second-order valence-electron chi connectivity index (χ2n) is 2.89. The summed E-state index contributed by atoms with van der Waals surface area (Å²) < 4.78 is 11.1. The van der Waals surface area contributed by atoms with Crippen LogP contribution in [0.1, 0.15) is 11.1 Å². The van der Waals surface area contributed by atoms with Crippen molar-refractivity contribution in [3.05, 3.63) is 34.3 Å². The Hall–Kier alpha value is -0.800. The fraction of sp³-hybridized carbons (Fsp3) is 0.273.